The molecule has 2 aliphatic rings. The minimum Gasteiger partial charge on any atom is -0.497 e. The number of rotatable bonds is 7. The lowest BCUT2D eigenvalue weighted by atomic mass is 9.97. The summed E-state index contributed by atoms with van der Waals surface area (Å²) in [7, 11) is 3.37. The maximum absolute atomic E-state index is 12.7. The largest absolute Gasteiger partial charge is 0.497 e. The molecular weight excluding hydrogens is 356 g/mol. The van der Waals surface area contributed by atoms with Crippen molar-refractivity contribution in [2.24, 2.45) is 0 Å². The zero-order chi connectivity index (χ0) is 19.9. The SMILES string of the molecule is CCC(=O)N(C1CCOCC1)C1CCN(Cc2ccc(OC)cc2OC)CC1. The van der Waals surface area contributed by atoms with Crippen LogP contribution in [0.2, 0.25) is 0 Å². The van der Waals surface area contributed by atoms with E-state index in [1.54, 1.807) is 14.2 Å². The fraction of sp³-hybridized carbons (Fsp3) is 0.682. The molecule has 3 rings (SSSR count). The Bertz CT molecular complexity index is 637. The molecule has 0 atom stereocenters. The van der Waals surface area contributed by atoms with Crippen molar-refractivity contribution in [3.05, 3.63) is 23.8 Å². The van der Waals surface area contributed by atoms with Crippen molar-refractivity contribution in [1.82, 2.24) is 9.80 Å². The van der Waals surface area contributed by atoms with E-state index in [0.717, 1.165) is 70.0 Å². The van der Waals surface area contributed by atoms with Crippen LogP contribution < -0.4 is 9.47 Å². The lowest BCUT2D eigenvalue weighted by Gasteiger charge is -2.43. The Balaban J connectivity index is 1.60. The van der Waals surface area contributed by atoms with Crippen LogP contribution in [-0.4, -0.2) is 68.3 Å². The van der Waals surface area contributed by atoms with Gasteiger partial charge in [0.1, 0.15) is 11.5 Å². The smallest absolute Gasteiger partial charge is 0.222 e. The van der Waals surface area contributed by atoms with Crippen LogP contribution in [0.15, 0.2) is 18.2 Å². The highest BCUT2D eigenvalue weighted by Gasteiger charge is 2.33. The number of carbonyl (C=O) groups is 1. The zero-order valence-corrected chi connectivity index (χ0v) is 17.5. The Morgan fingerprint density at radius 3 is 2.39 bits per heavy atom. The predicted octanol–water partition coefficient (Wildman–Crippen LogP) is 3.09. The van der Waals surface area contributed by atoms with E-state index in [1.165, 1.54) is 5.56 Å². The summed E-state index contributed by atoms with van der Waals surface area (Å²) in [5, 5.41) is 0. The topological polar surface area (TPSA) is 51.2 Å². The number of hydrogen-bond acceptors (Lipinski definition) is 5. The monoisotopic (exact) mass is 390 g/mol. The van der Waals surface area contributed by atoms with E-state index >= 15 is 0 Å². The second-order valence-electron chi connectivity index (χ2n) is 7.68. The molecule has 1 aromatic rings. The molecule has 0 saturated carbocycles. The fourth-order valence-corrected chi connectivity index (χ4v) is 4.43. The van der Waals surface area contributed by atoms with Gasteiger partial charge in [-0.1, -0.05) is 13.0 Å². The summed E-state index contributed by atoms with van der Waals surface area (Å²) in [5.74, 6) is 1.97. The maximum atomic E-state index is 12.7. The molecule has 2 saturated heterocycles. The van der Waals surface area contributed by atoms with Gasteiger partial charge in [-0.15, -0.1) is 0 Å². The van der Waals surface area contributed by atoms with Crippen molar-refractivity contribution in [1.29, 1.82) is 0 Å². The van der Waals surface area contributed by atoms with Crippen LogP contribution in [0.3, 0.4) is 0 Å². The summed E-state index contributed by atoms with van der Waals surface area (Å²) >= 11 is 0. The average Bonchev–Trinajstić information content (AvgIpc) is 2.76. The molecule has 6 heteroatoms. The first-order valence-electron chi connectivity index (χ1n) is 10.5. The fourth-order valence-electron chi connectivity index (χ4n) is 4.43. The number of nitrogens with zero attached hydrogens (tertiary/aromatic N) is 2. The van der Waals surface area contributed by atoms with Gasteiger partial charge < -0.3 is 19.1 Å². The van der Waals surface area contributed by atoms with Crippen LogP contribution in [0.25, 0.3) is 0 Å². The van der Waals surface area contributed by atoms with Crippen molar-refractivity contribution >= 4 is 5.91 Å². The minimum absolute atomic E-state index is 0.294. The van der Waals surface area contributed by atoms with Crippen molar-refractivity contribution in [3.8, 4) is 11.5 Å². The molecule has 2 aliphatic heterocycles. The number of likely N-dealkylation sites (tertiary alicyclic amines) is 1. The summed E-state index contributed by atoms with van der Waals surface area (Å²) in [6, 6.07) is 6.70. The lowest BCUT2D eigenvalue weighted by Crippen LogP contribution is -2.52. The second-order valence-corrected chi connectivity index (χ2v) is 7.68. The first-order valence-corrected chi connectivity index (χ1v) is 10.5. The van der Waals surface area contributed by atoms with E-state index in [1.807, 2.05) is 19.1 Å². The molecule has 0 unspecified atom stereocenters. The van der Waals surface area contributed by atoms with E-state index < -0.39 is 0 Å². The van der Waals surface area contributed by atoms with Crippen LogP contribution in [0, 0.1) is 0 Å². The van der Waals surface area contributed by atoms with Gasteiger partial charge in [-0.25, -0.2) is 0 Å². The van der Waals surface area contributed by atoms with Crippen LogP contribution in [0.4, 0.5) is 0 Å². The number of benzene rings is 1. The van der Waals surface area contributed by atoms with Crippen molar-refractivity contribution < 1.29 is 19.0 Å². The van der Waals surface area contributed by atoms with Gasteiger partial charge in [-0.2, -0.15) is 0 Å². The summed E-state index contributed by atoms with van der Waals surface area (Å²) < 4.78 is 16.3. The van der Waals surface area contributed by atoms with E-state index in [9.17, 15) is 4.79 Å². The molecule has 28 heavy (non-hydrogen) atoms. The van der Waals surface area contributed by atoms with Gasteiger partial charge >= 0.3 is 0 Å². The molecule has 0 radical (unpaired) electrons. The molecule has 1 aromatic carbocycles. The number of piperidine rings is 1. The number of methoxy groups -OCH3 is 2. The average molecular weight is 391 g/mol. The standard InChI is InChI=1S/C22H34N2O4/c1-4-22(25)24(19-9-13-28-14-10-19)18-7-11-23(12-8-18)16-17-5-6-20(26-2)15-21(17)27-3/h5-6,15,18-19H,4,7-14,16H2,1-3H3. The minimum atomic E-state index is 0.294. The van der Waals surface area contributed by atoms with Crippen LogP contribution >= 0.6 is 0 Å². The summed E-state index contributed by atoms with van der Waals surface area (Å²) in [4.78, 5) is 17.3. The summed E-state index contributed by atoms with van der Waals surface area (Å²) in [6.45, 7) is 6.37. The normalized spacial score (nSPS) is 19.4. The molecule has 1 amide bonds. The molecule has 2 fully saturated rings. The van der Waals surface area contributed by atoms with Gasteiger partial charge in [0.25, 0.3) is 0 Å². The molecule has 0 bridgehead atoms. The first-order chi connectivity index (χ1) is 13.7. The van der Waals surface area contributed by atoms with E-state index in [4.69, 9.17) is 14.2 Å². The number of ether oxygens (including phenoxy) is 3. The van der Waals surface area contributed by atoms with Gasteiger partial charge in [-0.3, -0.25) is 9.69 Å². The molecular formula is C22H34N2O4. The predicted molar refractivity (Wildman–Crippen MR) is 109 cm³/mol. The molecule has 0 N–H and O–H groups in total. The van der Waals surface area contributed by atoms with Gasteiger partial charge in [0, 0.05) is 63.0 Å². The molecule has 2 heterocycles. The Kier molecular flexibility index (Phi) is 7.57. The second kappa shape index (κ2) is 10.1. The first kappa shape index (κ1) is 20.9. The van der Waals surface area contributed by atoms with Crippen LogP contribution in [0.5, 0.6) is 11.5 Å². The number of hydrogen-bond donors (Lipinski definition) is 0. The van der Waals surface area contributed by atoms with Gasteiger partial charge in [-0.05, 0) is 31.7 Å². The van der Waals surface area contributed by atoms with Crippen molar-refractivity contribution in [2.75, 3.05) is 40.5 Å². The molecule has 156 valence electrons. The van der Waals surface area contributed by atoms with Crippen molar-refractivity contribution in [2.45, 2.75) is 57.7 Å². The van der Waals surface area contributed by atoms with Gasteiger partial charge in [0.15, 0.2) is 0 Å². The van der Waals surface area contributed by atoms with E-state index in [0.29, 0.717) is 24.4 Å². The highest BCUT2D eigenvalue weighted by molar-refractivity contribution is 5.76. The van der Waals surface area contributed by atoms with E-state index in [-0.39, 0.29) is 0 Å². The lowest BCUT2D eigenvalue weighted by molar-refractivity contribution is -0.139. The zero-order valence-electron chi connectivity index (χ0n) is 17.5. The highest BCUT2D eigenvalue weighted by atomic mass is 16.5. The summed E-state index contributed by atoms with van der Waals surface area (Å²) in [5.41, 5.74) is 1.17. The number of amides is 1. The third kappa shape index (κ3) is 4.97. The molecule has 0 aromatic heterocycles. The Labute approximate surface area is 168 Å². The molecule has 0 aliphatic carbocycles. The number of carbonyl (C=O) groups excluding carboxylic acids is 1. The van der Waals surface area contributed by atoms with E-state index in [2.05, 4.69) is 15.9 Å². The Hall–Kier alpha value is -1.79. The van der Waals surface area contributed by atoms with Crippen molar-refractivity contribution in [3.63, 3.8) is 0 Å². The van der Waals surface area contributed by atoms with Crippen LogP contribution in [-0.2, 0) is 16.1 Å². The third-order valence-electron chi connectivity index (χ3n) is 6.01. The summed E-state index contributed by atoms with van der Waals surface area (Å²) in [6.07, 6.45) is 4.58. The molecule has 6 nitrogen and oxygen atoms in total. The third-order valence-corrected chi connectivity index (χ3v) is 6.01. The Morgan fingerprint density at radius 2 is 1.79 bits per heavy atom. The Morgan fingerprint density at radius 1 is 1.11 bits per heavy atom. The van der Waals surface area contributed by atoms with Crippen LogP contribution in [0.1, 0.15) is 44.6 Å². The molecule has 0 spiro atoms. The van der Waals surface area contributed by atoms with Gasteiger partial charge in [0.2, 0.25) is 5.91 Å². The van der Waals surface area contributed by atoms with Gasteiger partial charge in [0.05, 0.1) is 14.2 Å². The highest BCUT2D eigenvalue weighted by Crippen LogP contribution is 2.29. The maximum Gasteiger partial charge on any atom is 0.222 e. The quantitative estimate of drug-likeness (QED) is 0.716.